The number of aliphatic hydroxyl groups excluding tert-OH is 1. The number of likely N-dealkylation sites (tertiary alicyclic amines) is 1. The largest absolute Gasteiger partial charge is 0.391 e. The molecule has 174 valence electrons. The Hall–Kier alpha value is -1.83. The molecule has 3 aliphatic heterocycles. The van der Waals surface area contributed by atoms with Crippen LogP contribution in [0, 0.1) is 11.2 Å². The quantitative estimate of drug-likeness (QED) is 0.712. The fourth-order valence-corrected chi connectivity index (χ4v) is 5.86. The third-order valence-corrected chi connectivity index (χ3v) is 8.30. The molecule has 3 fully saturated rings. The van der Waals surface area contributed by atoms with Gasteiger partial charge in [-0.3, -0.25) is 0 Å². The molecule has 5 rings (SSSR count). The highest BCUT2D eigenvalue weighted by molar-refractivity contribution is 6.31. The van der Waals surface area contributed by atoms with Crippen LogP contribution in [0.5, 0.6) is 0 Å². The summed E-state index contributed by atoms with van der Waals surface area (Å²) < 4.78 is 13.4. The van der Waals surface area contributed by atoms with Crippen LogP contribution in [0.1, 0.15) is 39.0 Å². The lowest BCUT2D eigenvalue weighted by atomic mass is 9.90. The van der Waals surface area contributed by atoms with Gasteiger partial charge >= 0.3 is 6.03 Å². The monoisotopic (exact) mass is 462 g/mol. The van der Waals surface area contributed by atoms with Gasteiger partial charge in [0.2, 0.25) is 0 Å². The van der Waals surface area contributed by atoms with E-state index < -0.39 is 5.82 Å². The minimum Gasteiger partial charge on any atom is -0.391 e. The lowest BCUT2D eigenvalue weighted by molar-refractivity contribution is 0.00568. The van der Waals surface area contributed by atoms with Crippen molar-refractivity contribution in [1.29, 1.82) is 0 Å². The van der Waals surface area contributed by atoms with E-state index in [4.69, 9.17) is 11.6 Å². The Labute approximate surface area is 194 Å². The molecule has 2 amide bonds. The minimum absolute atomic E-state index is 0.00413. The van der Waals surface area contributed by atoms with E-state index in [1.165, 1.54) is 36.7 Å². The van der Waals surface area contributed by atoms with Gasteiger partial charge in [-0.15, -0.1) is 0 Å². The molecule has 3 atom stereocenters. The van der Waals surface area contributed by atoms with Crippen LogP contribution in [0.2, 0.25) is 5.02 Å². The number of β-amino-alcohol motifs (C(OH)–C–C–N with tert-alkyl or cyclic N) is 1. The Balaban J connectivity index is 1.14. The molecule has 0 bridgehead atoms. The van der Waals surface area contributed by atoms with Gasteiger partial charge in [0.25, 0.3) is 0 Å². The van der Waals surface area contributed by atoms with Crippen LogP contribution in [0.4, 0.5) is 14.9 Å². The average Bonchev–Trinajstić information content (AvgIpc) is 3.43. The second-order valence-corrected chi connectivity index (χ2v) is 10.3. The molecule has 32 heavy (non-hydrogen) atoms. The number of rotatable bonds is 4. The van der Waals surface area contributed by atoms with Gasteiger partial charge in [-0.2, -0.15) is 0 Å². The second-order valence-electron chi connectivity index (χ2n) is 9.86. The zero-order chi connectivity index (χ0) is 22.5. The van der Waals surface area contributed by atoms with E-state index in [1.54, 1.807) is 0 Å². The Morgan fingerprint density at radius 2 is 2.09 bits per heavy atom. The molecule has 1 aromatic rings. The van der Waals surface area contributed by atoms with Crippen molar-refractivity contribution in [2.45, 2.75) is 57.2 Å². The zero-order valence-corrected chi connectivity index (χ0v) is 19.3. The molecular formula is C24H32ClFN4O2. The highest BCUT2D eigenvalue weighted by atomic mass is 35.5. The highest BCUT2D eigenvalue weighted by Gasteiger charge is 2.51. The predicted octanol–water partition coefficient (Wildman–Crippen LogP) is 3.91. The number of hydrogen-bond acceptors (Lipinski definition) is 4. The van der Waals surface area contributed by atoms with E-state index in [-0.39, 0.29) is 28.6 Å². The van der Waals surface area contributed by atoms with E-state index in [0.29, 0.717) is 18.3 Å². The summed E-state index contributed by atoms with van der Waals surface area (Å²) in [4.78, 5) is 19.6. The van der Waals surface area contributed by atoms with Gasteiger partial charge in [0, 0.05) is 43.6 Å². The Morgan fingerprint density at radius 3 is 2.81 bits per heavy atom. The van der Waals surface area contributed by atoms with Gasteiger partial charge < -0.3 is 25.1 Å². The number of carbonyl (C=O) groups is 1. The Bertz CT molecular complexity index is 921. The number of aliphatic hydroxyl groups is 1. The van der Waals surface area contributed by atoms with Gasteiger partial charge in [-0.05, 0) is 69.2 Å². The summed E-state index contributed by atoms with van der Waals surface area (Å²) in [5.74, 6) is -0.500. The van der Waals surface area contributed by atoms with Gasteiger partial charge in [0.15, 0.2) is 0 Å². The van der Waals surface area contributed by atoms with Crippen molar-refractivity contribution in [3.05, 3.63) is 40.8 Å². The first kappa shape index (κ1) is 22.0. The number of amides is 2. The number of benzene rings is 1. The van der Waals surface area contributed by atoms with E-state index in [0.717, 1.165) is 45.4 Å². The number of halogens is 2. The number of piperazine rings is 1. The maximum Gasteiger partial charge on any atom is 0.322 e. The van der Waals surface area contributed by atoms with Crippen LogP contribution in [0.25, 0.3) is 0 Å². The summed E-state index contributed by atoms with van der Waals surface area (Å²) >= 11 is 5.84. The standard InChI is InChI=1S/C24H32ClFN4O2/c1-16-21-5-3-18(6-10-28-11-9-24(7-8-24)22(31)15-28)30(21)13-12-29(16)23(32)27-17-2-4-20(26)19(25)14-17/h2,4-5,14,16,18,22,31H,3,6-13,15H2,1H3,(H,27,32). The fraction of sp³-hybridized carbons (Fsp3) is 0.625. The molecular weight excluding hydrogens is 431 g/mol. The minimum atomic E-state index is -0.500. The molecule has 8 heteroatoms. The van der Waals surface area contributed by atoms with Gasteiger partial charge in [0.05, 0.1) is 17.2 Å². The van der Waals surface area contributed by atoms with Crippen LogP contribution in [-0.2, 0) is 0 Å². The SMILES string of the molecule is CC1C2=CCC(CCN3CCC4(CC4)C(O)C3)N2CCN1C(=O)Nc1ccc(F)c(Cl)c1. The van der Waals surface area contributed by atoms with Crippen LogP contribution >= 0.6 is 11.6 Å². The molecule has 1 aliphatic carbocycles. The number of carbonyl (C=O) groups excluding carboxylic acids is 1. The molecule has 1 spiro atoms. The predicted molar refractivity (Wildman–Crippen MR) is 123 cm³/mol. The molecule has 4 aliphatic rings. The first-order valence-corrected chi connectivity index (χ1v) is 12.1. The van der Waals surface area contributed by atoms with Gasteiger partial charge in [-0.25, -0.2) is 9.18 Å². The van der Waals surface area contributed by atoms with Crippen molar-refractivity contribution in [2.24, 2.45) is 5.41 Å². The number of nitrogens with zero attached hydrogens (tertiary/aromatic N) is 3. The Morgan fingerprint density at radius 1 is 1.28 bits per heavy atom. The van der Waals surface area contributed by atoms with E-state index in [2.05, 4.69) is 28.1 Å². The maximum absolute atomic E-state index is 13.4. The van der Waals surface area contributed by atoms with Gasteiger partial charge in [0.1, 0.15) is 5.82 Å². The van der Waals surface area contributed by atoms with Crippen LogP contribution in [0.3, 0.4) is 0 Å². The average molecular weight is 463 g/mol. The molecule has 1 aromatic carbocycles. The molecule has 3 unspecified atom stereocenters. The third kappa shape index (κ3) is 4.11. The third-order valence-electron chi connectivity index (χ3n) is 8.02. The van der Waals surface area contributed by atoms with Crippen molar-refractivity contribution in [3.8, 4) is 0 Å². The van der Waals surface area contributed by atoms with E-state index >= 15 is 0 Å². The summed E-state index contributed by atoms with van der Waals surface area (Å²) in [5, 5.41) is 13.3. The number of anilines is 1. The number of hydrogen-bond donors (Lipinski definition) is 2. The summed E-state index contributed by atoms with van der Waals surface area (Å²) in [5.41, 5.74) is 1.96. The number of nitrogens with one attached hydrogen (secondary N) is 1. The fourth-order valence-electron chi connectivity index (χ4n) is 5.68. The number of piperidine rings is 1. The molecule has 0 radical (unpaired) electrons. The molecule has 2 N–H and O–H groups in total. The molecule has 3 heterocycles. The second kappa shape index (κ2) is 8.50. The summed E-state index contributed by atoms with van der Waals surface area (Å²) in [6.45, 7) is 6.43. The normalized spacial score (nSPS) is 29.1. The van der Waals surface area contributed by atoms with Crippen LogP contribution < -0.4 is 5.32 Å². The van der Waals surface area contributed by atoms with Crippen molar-refractivity contribution in [1.82, 2.24) is 14.7 Å². The smallest absolute Gasteiger partial charge is 0.322 e. The van der Waals surface area contributed by atoms with Crippen molar-refractivity contribution < 1.29 is 14.3 Å². The van der Waals surface area contributed by atoms with Gasteiger partial charge in [-0.1, -0.05) is 17.7 Å². The summed E-state index contributed by atoms with van der Waals surface area (Å²) in [6.07, 6.45) is 7.71. The topological polar surface area (TPSA) is 59.1 Å². The first-order valence-electron chi connectivity index (χ1n) is 11.8. The van der Waals surface area contributed by atoms with E-state index in [9.17, 15) is 14.3 Å². The summed E-state index contributed by atoms with van der Waals surface area (Å²) in [6, 6.07) is 4.46. The lowest BCUT2D eigenvalue weighted by Crippen LogP contribution is -2.54. The van der Waals surface area contributed by atoms with Crippen LogP contribution in [0.15, 0.2) is 30.0 Å². The summed E-state index contributed by atoms with van der Waals surface area (Å²) in [7, 11) is 0. The number of fused-ring (bicyclic) bond motifs is 1. The maximum atomic E-state index is 13.4. The lowest BCUT2D eigenvalue weighted by Gasteiger charge is -2.44. The number of urea groups is 1. The van der Waals surface area contributed by atoms with Crippen molar-refractivity contribution >= 4 is 23.3 Å². The van der Waals surface area contributed by atoms with Crippen molar-refractivity contribution in [3.63, 3.8) is 0 Å². The molecule has 2 saturated heterocycles. The highest BCUT2D eigenvalue weighted by Crippen LogP contribution is 2.53. The zero-order valence-electron chi connectivity index (χ0n) is 18.6. The molecule has 0 aromatic heterocycles. The molecule has 1 saturated carbocycles. The Kier molecular flexibility index (Phi) is 5.84. The van der Waals surface area contributed by atoms with E-state index in [1.807, 2.05) is 4.90 Å². The van der Waals surface area contributed by atoms with Crippen LogP contribution in [-0.4, -0.2) is 76.7 Å². The van der Waals surface area contributed by atoms with Crippen molar-refractivity contribution in [2.75, 3.05) is 38.0 Å². The first-order chi connectivity index (χ1) is 15.4. The molecule has 6 nitrogen and oxygen atoms in total.